The first-order valence-corrected chi connectivity index (χ1v) is 4.56. The van der Waals surface area contributed by atoms with Crippen LogP contribution in [-0.2, 0) is 10.3 Å². The number of aromatic nitrogens is 1. The Hall–Kier alpha value is -0.930. The van der Waals surface area contributed by atoms with Crippen molar-refractivity contribution in [2.45, 2.75) is 12.5 Å². The molecule has 70 valence electrons. The van der Waals surface area contributed by atoms with Gasteiger partial charge in [0.15, 0.2) is 0 Å². The number of ether oxygens (including phenoxy) is 1. The van der Waals surface area contributed by atoms with Crippen LogP contribution in [0.1, 0.15) is 12.5 Å². The fraction of sp³-hybridized carbons (Fsp3) is 0.500. The van der Waals surface area contributed by atoms with Gasteiger partial charge in [-0.1, -0.05) is 6.07 Å². The number of morpholine rings is 1. The minimum absolute atomic E-state index is 0.202. The molecular formula is C10H14N2O. The van der Waals surface area contributed by atoms with Crippen molar-refractivity contribution >= 4 is 0 Å². The van der Waals surface area contributed by atoms with Crippen LogP contribution < -0.4 is 5.32 Å². The Bertz CT molecular complexity index is 268. The molecule has 1 aromatic heterocycles. The summed E-state index contributed by atoms with van der Waals surface area (Å²) in [5, 5.41) is 3.32. The highest BCUT2D eigenvalue weighted by Crippen LogP contribution is 2.25. The summed E-state index contributed by atoms with van der Waals surface area (Å²) in [6, 6.07) is 4.00. The molecule has 13 heavy (non-hydrogen) atoms. The Balaban J connectivity index is 2.23. The van der Waals surface area contributed by atoms with Crippen LogP contribution in [0.5, 0.6) is 0 Å². The Morgan fingerprint density at radius 1 is 1.62 bits per heavy atom. The number of nitrogens with one attached hydrogen (secondary N) is 1. The molecule has 0 spiro atoms. The fourth-order valence-electron chi connectivity index (χ4n) is 1.59. The van der Waals surface area contributed by atoms with Gasteiger partial charge in [0.25, 0.3) is 0 Å². The van der Waals surface area contributed by atoms with Gasteiger partial charge in [0.2, 0.25) is 0 Å². The van der Waals surface area contributed by atoms with E-state index in [-0.39, 0.29) is 5.60 Å². The number of hydrogen-bond acceptors (Lipinski definition) is 3. The van der Waals surface area contributed by atoms with Crippen molar-refractivity contribution in [3.8, 4) is 0 Å². The average Bonchev–Trinajstić information content (AvgIpc) is 2.20. The first kappa shape index (κ1) is 8.66. The van der Waals surface area contributed by atoms with Gasteiger partial charge in [0, 0.05) is 31.0 Å². The van der Waals surface area contributed by atoms with Crippen LogP contribution in [0, 0.1) is 0 Å². The minimum atomic E-state index is -0.202. The average molecular weight is 178 g/mol. The van der Waals surface area contributed by atoms with Crippen molar-refractivity contribution in [1.82, 2.24) is 10.3 Å². The van der Waals surface area contributed by atoms with E-state index in [0.717, 1.165) is 25.3 Å². The van der Waals surface area contributed by atoms with Crippen LogP contribution in [-0.4, -0.2) is 24.7 Å². The second-order valence-corrected chi connectivity index (χ2v) is 3.50. The molecule has 3 heteroatoms. The summed E-state index contributed by atoms with van der Waals surface area (Å²) in [6.45, 7) is 4.66. The van der Waals surface area contributed by atoms with Crippen molar-refractivity contribution in [2.75, 3.05) is 19.7 Å². The van der Waals surface area contributed by atoms with Gasteiger partial charge >= 0.3 is 0 Å². The Kier molecular flexibility index (Phi) is 2.29. The second-order valence-electron chi connectivity index (χ2n) is 3.50. The molecule has 2 heterocycles. The van der Waals surface area contributed by atoms with Crippen LogP contribution in [0.2, 0.25) is 0 Å². The smallest absolute Gasteiger partial charge is 0.104 e. The molecule has 0 aliphatic carbocycles. The van der Waals surface area contributed by atoms with E-state index in [1.165, 1.54) is 0 Å². The maximum Gasteiger partial charge on any atom is 0.104 e. The highest BCUT2D eigenvalue weighted by Gasteiger charge is 2.29. The van der Waals surface area contributed by atoms with Gasteiger partial charge in [-0.15, -0.1) is 0 Å². The number of nitrogens with zero attached hydrogens (tertiary/aromatic N) is 1. The molecule has 1 N–H and O–H groups in total. The van der Waals surface area contributed by atoms with E-state index in [2.05, 4.69) is 23.3 Å². The lowest BCUT2D eigenvalue weighted by molar-refractivity contribution is -0.0574. The molecule has 0 saturated carbocycles. The zero-order valence-electron chi connectivity index (χ0n) is 7.79. The summed E-state index contributed by atoms with van der Waals surface area (Å²) in [7, 11) is 0. The quantitative estimate of drug-likeness (QED) is 0.694. The predicted molar refractivity (Wildman–Crippen MR) is 50.4 cm³/mol. The van der Waals surface area contributed by atoms with E-state index in [4.69, 9.17) is 4.74 Å². The van der Waals surface area contributed by atoms with E-state index in [0.29, 0.717) is 0 Å². The number of rotatable bonds is 1. The van der Waals surface area contributed by atoms with E-state index < -0.39 is 0 Å². The largest absolute Gasteiger partial charge is 0.368 e. The van der Waals surface area contributed by atoms with E-state index >= 15 is 0 Å². The van der Waals surface area contributed by atoms with E-state index in [9.17, 15) is 0 Å². The molecule has 1 aliphatic rings. The van der Waals surface area contributed by atoms with Crippen LogP contribution in [0.15, 0.2) is 24.5 Å². The van der Waals surface area contributed by atoms with Gasteiger partial charge in [-0.05, 0) is 13.0 Å². The summed E-state index contributed by atoms with van der Waals surface area (Å²) in [5.74, 6) is 0. The second kappa shape index (κ2) is 3.44. The Morgan fingerprint density at radius 2 is 2.54 bits per heavy atom. The molecule has 0 aromatic carbocycles. The molecule has 0 amide bonds. The van der Waals surface area contributed by atoms with Crippen molar-refractivity contribution in [3.05, 3.63) is 30.1 Å². The monoisotopic (exact) mass is 178 g/mol. The molecule has 3 nitrogen and oxygen atoms in total. The topological polar surface area (TPSA) is 34.2 Å². The molecule has 1 aromatic rings. The highest BCUT2D eigenvalue weighted by molar-refractivity contribution is 5.18. The fourth-order valence-corrected chi connectivity index (χ4v) is 1.59. The molecule has 0 bridgehead atoms. The molecular weight excluding hydrogens is 164 g/mol. The Morgan fingerprint density at radius 3 is 3.15 bits per heavy atom. The molecule has 1 atom stereocenters. The summed E-state index contributed by atoms with van der Waals surface area (Å²) >= 11 is 0. The molecule has 2 rings (SSSR count). The number of hydrogen-bond donors (Lipinski definition) is 1. The summed E-state index contributed by atoms with van der Waals surface area (Å²) in [6.07, 6.45) is 3.65. The molecule has 1 fully saturated rings. The van der Waals surface area contributed by atoms with Crippen LogP contribution in [0.3, 0.4) is 0 Å². The highest BCUT2D eigenvalue weighted by atomic mass is 16.5. The summed E-state index contributed by atoms with van der Waals surface area (Å²) < 4.78 is 5.75. The van der Waals surface area contributed by atoms with Crippen molar-refractivity contribution in [3.63, 3.8) is 0 Å². The van der Waals surface area contributed by atoms with Gasteiger partial charge in [0.05, 0.1) is 6.61 Å². The maximum absolute atomic E-state index is 5.75. The maximum atomic E-state index is 5.75. The van der Waals surface area contributed by atoms with Gasteiger partial charge in [0.1, 0.15) is 5.60 Å². The van der Waals surface area contributed by atoms with Crippen LogP contribution >= 0.6 is 0 Å². The zero-order valence-corrected chi connectivity index (χ0v) is 7.79. The van der Waals surface area contributed by atoms with Crippen LogP contribution in [0.4, 0.5) is 0 Å². The van der Waals surface area contributed by atoms with E-state index in [1.807, 2.05) is 12.3 Å². The third-order valence-electron chi connectivity index (χ3n) is 2.43. The summed E-state index contributed by atoms with van der Waals surface area (Å²) in [5.41, 5.74) is 0.939. The minimum Gasteiger partial charge on any atom is -0.368 e. The van der Waals surface area contributed by atoms with Gasteiger partial charge in [-0.25, -0.2) is 0 Å². The van der Waals surface area contributed by atoms with Crippen molar-refractivity contribution in [2.24, 2.45) is 0 Å². The van der Waals surface area contributed by atoms with Crippen LogP contribution in [0.25, 0.3) is 0 Å². The van der Waals surface area contributed by atoms with Gasteiger partial charge in [-0.3, -0.25) is 4.98 Å². The normalized spacial score (nSPS) is 28.7. The summed E-state index contributed by atoms with van der Waals surface area (Å²) in [4.78, 5) is 4.10. The molecule has 0 radical (unpaired) electrons. The first-order chi connectivity index (χ1) is 6.31. The third-order valence-corrected chi connectivity index (χ3v) is 2.43. The molecule has 1 saturated heterocycles. The van der Waals surface area contributed by atoms with Gasteiger partial charge < -0.3 is 10.1 Å². The van der Waals surface area contributed by atoms with Crippen molar-refractivity contribution in [1.29, 1.82) is 0 Å². The third kappa shape index (κ3) is 1.71. The lowest BCUT2D eigenvalue weighted by Crippen LogP contribution is -2.45. The molecule has 0 unspecified atom stereocenters. The standard InChI is InChI=1S/C10H14N2O/c1-10(8-12-5-6-13-10)9-3-2-4-11-7-9/h2-4,7,12H,5-6,8H2,1H3/t10-/m1/s1. The van der Waals surface area contributed by atoms with Crippen molar-refractivity contribution < 1.29 is 4.74 Å². The predicted octanol–water partition coefficient (Wildman–Crippen LogP) is 0.917. The zero-order chi connectivity index (χ0) is 9.15. The molecule has 1 aliphatic heterocycles. The lowest BCUT2D eigenvalue weighted by atomic mass is 9.96. The van der Waals surface area contributed by atoms with E-state index in [1.54, 1.807) is 6.20 Å². The van der Waals surface area contributed by atoms with Gasteiger partial charge in [-0.2, -0.15) is 0 Å². The Labute approximate surface area is 78.1 Å². The first-order valence-electron chi connectivity index (χ1n) is 4.56. The lowest BCUT2D eigenvalue weighted by Gasteiger charge is -2.34. The number of pyridine rings is 1. The SMILES string of the molecule is C[C@]1(c2cccnc2)CNCCO1.